The highest BCUT2D eigenvalue weighted by Gasteiger charge is 1.92. The zero-order valence-electron chi connectivity index (χ0n) is 11.2. The number of unbranched alkanes of at least 4 members (excludes halogenated alkanes) is 4. The Bertz CT molecular complexity index is 134. The number of aliphatic hydroxyl groups is 1. The Hall–Kier alpha value is -0.240. The van der Waals surface area contributed by atoms with E-state index in [0.717, 1.165) is 38.9 Å². The second-order valence-corrected chi connectivity index (χ2v) is 4.17. The van der Waals surface area contributed by atoms with Crippen molar-refractivity contribution in [3.63, 3.8) is 0 Å². The van der Waals surface area contributed by atoms with Gasteiger partial charge in [-0.05, 0) is 38.8 Å². The summed E-state index contributed by atoms with van der Waals surface area (Å²) in [5, 5.41) is 20.0. The maximum Gasteiger partial charge on any atom is 0.107 e. The third kappa shape index (κ3) is 15.8. The minimum absolute atomic E-state index is 0.189. The van der Waals surface area contributed by atoms with Gasteiger partial charge < -0.3 is 10.4 Å². The lowest BCUT2D eigenvalue weighted by Gasteiger charge is -2.05. The van der Waals surface area contributed by atoms with Crippen LogP contribution in [0.1, 0.15) is 38.5 Å². The first-order valence-corrected chi connectivity index (χ1v) is 6.84. The standard InChI is InChI=1S/C12H28N2O4/c15-10-6-5-8-13-7-3-1-2-4-9-14-17-11-12-18-16/h13-16H,1-12H2. The fourth-order valence-corrected chi connectivity index (χ4v) is 1.51. The molecular weight excluding hydrogens is 236 g/mol. The molecule has 0 bridgehead atoms. The van der Waals surface area contributed by atoms with Gasteiger partial charge in [-0.15, -0.1) is 0 Å². The van der Waals surface area contributed by atoms with Crippen LogP contribution in [-0.2, 0) is 9.73 Å². The van der Waals surface area contributed by atoms with Crippen LogP contribution < -0.4 is 10.8 Å². The topological polar surface area (TPSA) is 83.0 Å². The van der Waals surface area contributed by atoms with Crippen molar-refractivity contribution < 1.29 is 20.1 Å². The first-order valence-electron chi connectivity index (χ1n) is 6.84. The molecule has 0 aliphatic heterocycles. The predicted octanol–water partition coefficient (Wildman–Crippen LogP) is 0.920. The van der Waals surface area contributed by atoms with Crippen LogP contribution in [0.5, 0.6) is 0 Å². The van der Waals surface area contributed by atoms with E-state index in [1.165, 1.54) is 19.3 Å². The van der Waals surface area contributed by atoms with Crippen molar-refractivity contribution in [3.8, 4) is 0 Å². The smallest absolute Gasteiger partial charge is 0.107 e. The van der Waals surface area contributed by atoms with E-state index in [4.69, 9.17) is 15.2 Å². The molecule has 0 amide bonds. The molecule has 6 nitrogen and oxygen atoms in total. The summed E-state index contributed by atoms with van der Waals surface area (Å²) in [5.41, 5.74) is 2.82. The Kier molecular flexibility index (Phi) is 16.5. The van der Waals surface area contributed by atoms with Gasteiger partial charge in [-0.2, -0.15) is 0 Å². The number of nitrogens with one attached hydrogen (secondary N) is 2. The Morgan fingerprint density at radius 2 is 1.44 bits per heavy atom. The molecule has 0 saturated carbocycles. The van der Waals surface area contributed by atoms with Crippen molar-refractivity contribution in [1.29, 1.82) is 0 Å². The predicted molar refractivity (Wildman–Crippen MR) is 70.2 cm³/mol. The summed E-state index contributed by atoms with van der Waals surface area (Å²) in [5.74, 6) is 0. The quantitative estimate of drug-likeness (QED) is 0.200. The molecule has 0 aliphatic rings. The van der Waals surface area contributed by atoms with Crippen molar-refractivity contribution in [2.45, 2.75) is 38.5 Å². The molecular formula is C12H28N2O4. The maximum absolute atomic E-state index is 8.59. The van der Waals surface area contributed by atoms with Gasteiger partial charge in [0.25, 0.3) is 0 Å². The van der Waals surface area contributed by atoms with Gasteiger partial charge in [0.1, 0.15) is 6.61 Å². The second-order valence-electron chi connectivity index (χ2n) is 4.17. The van der Waals surface area contributed by atoms with E-state index in [2.05, 4.69) is 15.7 Å². The molecule has 0 atom stereocenters. The molecule has 110 valence electrons. The Morgan fingerprint density at radius 3 is 2.11 bits per heavy atom. The molecule has 0 aromatic carbocycles. The van der Waals surface area contributed by atoms with Gasteiger partial charge in [0.2, 0.25) is 0 Å². The number of aliphatic hydroxyl groups excluding tert-OH is 1. The van der Waals surface area contributed by atoms with Gasteiger partial charge in [0, 0.05) is 13.2 Å². The van der Waals surface area contributed by atoms with Gasteiger partial charge in [0.05, 0.1) is 6.61 Å². The fourth-order valence-electron chi connectivity index (χ4n) is 1.51. The first kappa shape index (κ1) is 17.8. The molecule has 6 heteroatoms. The number of hydrogen-bond donors (Lipinski definition) is 4. The number of rotatable bonds is 15. The van der Waals surface area contributed by atoms with E-state index in [1.807, 2.05) is 0 Å². The third-order valence-electron chi connectivity index (χ3n) is 2.52. The summed E-state index contributed by atoms with van der Waals surface area (Å²) in [6.45, 7) is 3.73. The molecule has 0 aromatic rings. The lowest BCUT2D eigenvalue weighted by Crippen LogP contribution is -2.19. The minimum atomic E-state index is 0.189. The number of hydrogen-bond acceptors (Lipinski definition) is 6. The summed E-state index contributed by atoms with van der Waals surface area (Å²) in [6, 6.07) is 0. The minimum Gasteiger partial charge on any atom is -0.396 e. The molecule has 0 fully saturated rings. The second kappa shape index (κ2) is 16.8. The largest absolute Gasteiger partial charge is 0.396 e. The lowest BCUT2D eigenvalue weighted by molar-refractivity contribution is -0.251. The number of hydroxylamine groups is 1. The van der Waals surface area contributed by atoms with Gasteiger partial charge >= 0.3 is 0 Å². The van der Waals surface area contributed by atoms with E-state index in [-0.39, 0.29) is 6.61 Å². The van der Waals surface area contributed by atoms with Crippen molar-refractivity contribution in [1.82, 2.24) is 10.8 Å². The first-order chi connectivity index (χ1) is 8.91. The molecule has 0 unspecified atom stereocenters. The van der Waals surface area contributed by atoms with Crippen LogP contribution in [-0.4, -0.2) is 49.8 Å². The lowest BCUT2D eigenvalue weighted by atomic mass is 10.2. The summed E-state index contributed by atoms with van der Waals surface area (Å²) >= 11 is 0. The summed E-state index contributed by atoms with van der Waals surface area (Å²) in [4.78, 5) is 8.85. The third-order valence-corrected chi connectivity index (χ3v) is 2.52. The van der Waals surface area contributed by atoms with E-state index in [9.17, 15) is 0 Å². The molecule has 18 heavy (non-hydrogen) atoms. The van der Waals surface area contributed by atoms with Crippen LogP contribution in [0.3, 0.4) is 0 Å². The summed E-state index contributed by atoms with van der Waals surface area (Å²) < 4.78 is 0. The van der Waals surface area contributed by atoms with E-state index >= 15 is 0 Å². The van der Waals surface area contributed by atoms with Crippen LogP contribution in [0.2, 0.25) is 0 Å². The molecule has 0 radical (unpaired) electrons. The highest BCUT2D eigenvalue weighted by atomic mass is 17.1. The molecule has 0 aliphatic carbocycles. The average molecular weight is 264 g/mol. The molecule has 0 rings (SSSR count). The zero-order chi connectivity index (χ0) is 13.3. The van der Waals surface area contributed by atoms with Gasteiger partial charge in [-0.25, -0.2) is 10.4 Å². The summed E-state index contributed by atoms with van der Waals surface area (Å²) in [6.07, 6.45) is 6.62. The van der Waals surface area contributed by atoms with E-state index in [0.29, 0.717) is 13.2 Å². The maximum atomic E-state index is 8.59. The average Bonchev–Trinajstić information content (AvgIpc) is 2.39. The van der Waals surface area contributed by atoms with Crippen LogP contribution in [0.4, 0.5) is 0 Å². The molecule has 0 heterocycles. The highest BCUT2D eigenvalue weighted by Crippen LogP contribution is 1.97. The van der Waals surface area contributed by atoms with Crippen LogP contribution in [0.25, 0.3) is 0 Å². The van der Waals surface area contributed by atoms with E-state index in [1.54, 1.807) is 0 Å². The highest BCUT2D eigenvalue weighted by molar-refractivity contribution is 4.50. The molecule has 0 saturated heterocycles. The normalized spacial score (nSPS) is 11.0. The Balaban J connectivity index is 2.86. The molecule has 4 N–H and O–H groups in total. The van der Waals surface area contributed by atoms with Crippen LogP contribution >= 0.6 is 0 Å². The van der Waals surface area contributed by atoms with Crippen molar-refractivity contribution in [3.05, 3.63) is 0 Å². The van der Waals surface area contributed by atoms with Gasteiger partial charge in [-0.1, -0.05) is 12.8 Å². The van der Waals surface area contributed by atoms with Crippen molar-refractivity contribution in [2.24, 2.45) is 0 Å². The van der Waals surface area contributed by atoms with E-state index < -0.39 is 0 Å². The summed E-state index contributed by atoms with van der Waals surface area (Å²) in [7, 11) is 0. The zero-order valence-corrected chi connectivity index (χ0v) is 11.2. The van der Waals surface area contributed by atoms with Crippen LogP contribution in [0.15, 0.2) is 0 Å². The Labute approximate surface area is 110 Å². The van der Waals surface area contributed by atoms with Crippen LogP contribution in [0, 0.1) is 0 Å². The van der Waals surface area contributed by atoms with Crippen molar-refractivity contribution in [2.75, 3.05) is 39.5 Å². The molecule has 0 aromatic heterocycles. The van der Waals surface area contributed by atoms with Crippen molar-refractivity contribution >= 4 is 0 Å². The Morgan fingerprint density at radius 1 is 0.778 bits per heavy atom. The van der Waals surface area contributed by atoms with Gasteiger partial charge in [0.15, 0.2) is 0 Å². The van der Waals surface area contributed by atoms with Gasteiger partial charge in [-0.3, -0.25) is 10.1 Å². The monoisotopic (exact) mass is 264 g/mol. The molecule has 0 spiro atoms. The SMILES string of the molecule is OCCCCNCCCCCCNOCCOO. The fraction of sp³-hybridized carbons (Fsp3) is 1.00.